The zero-order chi connectivity index (χ0) is 14.0. The number of halogens is 3. The van der Waals surface area contributed by atoms with Crippen molar-refractivity contribution in [1.29, 1.82) is 0 Å². The van der Waals surface area contributed by atoms with Gasteiger partial charge < -0.3 is 10.1 Å². The average molecular weight is 273 g/mol. The molecule has 1 heterocycles. The number of carbonyl (C=O) groups excluding carboxylic acids is 1. The Kier molecular flexibility index (Phi) is 3.68. The van der Waals surface area contributed by atoms with Gasteiger partial charge in [-0.3, -0.25) is 4.79 Å². The number of hydrogen-bond acceptors (Lipinski definition) is 3. The second-order valence-corrected chi connectivity index (χ2v) is 4.52. The number of carbonyl (C=O) groups is 1. The molecule has 1 unspecified atom stereocenters. The number of benzene rings is 1. The van der Waals surface area contributed by atoms with Crippen LogP contribution in [0.25, 0.3) is 0 Å². The number of rotatable bonds is 2. The molecule has 19 heavy (non-hydrogen) atoms. The molecule has 0 spiro atoms. The van der Waals surface area contributed by atoms with E-state index in [4.69, 9.17) is 0 Å². The van der Waals surface area contributed by atoms with Gasteiger partial charge in [-0.15, -0.1) is 0 Å². The fourth-order valence-electron chi connectivity index (χ4n) is 2.15. The Bertz CT molecular complexity index is 485. The summed E-state index contributed by atoms with van der Waals surface area (Å²) in [5.41, 5.74) is 2.04. The lowest BCUT2D eigenvalue weighted by Gasteiger charge is -2.29. The third kappa shape index (κ3) is 3.19. The van der Waals surface area contributed by atoms with Crippen molar-refractivity contribution >= 4 is 11.7 Å². The van der Waals surface area contributed by atoms with Gasteiger partial charge in [-0.1, -0.05) is 12.1 Å². The molecule has 1 aliphatic heterocycles. The molecule has 1 aromatic carbocycles. The van der Waals surface area contributed by atoms with Gasteiger partial charge in [0.1, 0.15) is 6.04 Å². The molecule has 1 atom stereocenters. The van der Waals surface area contributed by atoms with Crippen LogP contribution in [-0.2, 0) is 22.4 Å². The smallest absolute Gasteiger partial charge is 0.408 e. The molecule has 2 rings (SSSR count). The van der Waals surface area contributed by atoms with Crippen LogP contribution in [-0.4, -0.2) is 25.3 Å². The molecule has 0 fully saturated rings. The predicted molar refractivity (Wildman–Crippen MR) is 63.9 cm³/mol. The summed E-state index contributed by atoms with van der Waals surface area (Å²) < 4.78 is 42.4. The van der Waals surface area contributed by atoms with E-state index in [2.05, 4.69) is 10.1 Å². The first-order valence-corrected chi connectivity index (χ1v) is 5.92. The van der Waals surface area contributed by atoms with Crippen LogP contribution in [0.5, 0.6) is 0 Å². The zero-order valence-electron chi connectivity index (χ0n) is 10.4. The molecule has 104 valence electrons. The number of aryl methyl sites for hydroxylation is 1. The Balaban J connectivity index is 2.14. The highest BCUT2D eigenvalue weighted by atomic mass is 19.4. The number of fused-ring (bicyclic) bond motifs is 1. The lowest BCUT2D eigenvalue weighted by Crippen LogP contribution is -2.39. The Morgan fingerprint density at radius 3 is 2.84 bits per heavy atom. The number of alkyl halides is 3. The van der Waals surface area contributed by atoms with Crippen LogP contribution in [0.2, 0.25) is 0 Å². The number of methoxy groups -OCH3 is 1. The van der Waals surface area contributed by atoms with E-state index in [-0.39, 0.29) is 18.8 Å². The first-order chi connectivity index (χ1) is 8.90. The molecule has 0 saturated heterocycles. The number of nitrogens with one attached hydrogen (secondary N) is 1. The van der Waals surface area contributed by atoms with Gasteiger partial charge in [-0.25, -0.2) is 0 Å². The van der Waals surface area contributed by atoms with E-state index in [1.54, 1.807) is 18.2 Å². The quantitative estimate of drug-likeness (QED) is 0.842. The lowest BCUT2D eigenvalue weighted by molar-refractivity contribution is -0.144. The van der Waals surface area contributed by atoms with Gasteiger partial charge >= 0.3 is 12.1 Å². The molecule has 6 heteroatoms. The third-order valence-corrected chi connectivity index (χ3v) is 3.17. The SMILES string of the molecule is COC(=O)Cc1ccc2c(c1)CCC(C(F)(F)F)N2. The number of hydrogen-bond donors (Lipinski definition) is 1. The second-order valence-electron chi connectivity index (χ2n) is 4.52. The minimum Gasteiger partial charge on any atom is -0.469 e. The monoisotopic (exact) mass is 273 g/mol. The molecule has 1 aromatic rings. The largest absolute Gasteiger partial charge is 0.469 e. The molecular weight excluding hydrogens is 259 g/mol. The minimum absolute atomic E-state index is 0.0121. The van der Waals surface area contributed by atoms with E-state index < -0.39 is 12.2 Å². The fourth-order valence-corrected chi connectivity index (χ4v) is 2.15. The summed E-state index contributed by atoms with van der Waals surface area (Å²) in [6.07, 6.45) is -3.74. The normalized spacial score (nSPS) is 18.4. The summed E-state index contributed by atoms with van der Waals surface area (Å²) in [6.45, 7) is 0. The van der Waals surface area contributed by atoms with Gasteiger partial charge in [0.25, 0.3) is 0 Å². The van der Waals surface area contributed by atoms with Crippen LogP contribution in [0.1, 0.15) is 17.5 Å². The van der Waals surface area contributed by atoms with Crippen LogP contribution in [0.4, 0.5) is 18.9 Å². The van der Waals surface area contributed by atoms with Crippen molar-refractivity contribution in [3.05, 3.63) is 29.3 Å². The van der Waals surface area contributed by atoms with E-state index in [0.29, 0.717) is 12.1 Å². The molecule has 3 nitrogen and oxygen atoms in total. The van der Waals surface area contributed by atoms with Crippen LogP contribution in [0.3, 0.4) is 0 Å². The van der Waals surface area contributed by atoms with Crippen LogP contribution < -0.4 is 5.32 Å². The van der Waals surface area contributed by atoms with Gasteiger partial charge in [0.05, 0.1) is 13.5 Å². The molecule has 0 bridgehead atoms. The second kappa shape index (κ2) is 5.11. The Morgan fingerprint density at radius 1 is 1.47 bits per heavy atom. The molecule has 1 aliphatic rings. The topological polar surface area (TPSA) is 38.3 Å². The highest BCUT2D eigenvalue weighted by Crippen LogP contribution is 2.33. The Hall–Kier alpha value is -1.72. The molecule has 0 aliphatic carbocycles. The molecule has 0 amide bonds. The summed E-state index contributed by atoms with van der Waals surface area (Å²) in [4.78, 5) is 11.1. The summed E-state index contributed by atoms with van der Waals surface area (Å²) in [5, 5.41) is 2.49. The van der Waals surface area contributed by atoms with E-state index in [1.165, 1.54) is 7.11 Å². The maximum Gasteiger partial charge on any atom is 0.408 e. The third-order valence-electron chi connectivity index (χ3n) is 3.17. The van der Waals surface area contributed by atoms with Crippen molar-refractivity contribution in [3.63, 3.8) is 0 Å². The molecule has 1 N–H and O–H groups in total. The zero-order valence-corrected chi connectivity index (χ0v) is 10.4. The highest BCUT2D eigenvalue weighted by Gasteiger charge is 2.41. The van der Waals surface area contributed by atoms with Crippen molar-refractivity contribution in [2.24, 2.45) is 0 Å². The van der Waals surface area contributed by atoms with E-state index >= 15 is 0 Å². The van der Waals surface area contributed by atoms with Crippen molar-refractivity contribution in [1.82, 2.24) is 0 Å². The van der Waals surface area contributed by atoms with E-state index in [0.717, 1.165) is 11.1 Å². The van der Waals surface area contributed by atoms with Gasteiger partial charge in [-0.05, 0) is 30.0 Å². The summed E-state index contributed by atoms with van der Waals surface area (Å²) in [5.74, 6) is -0.364. The lowest BCUT2D eigenvalue weighted by atomic mass is 9.95. The standard InChI is InChI=1S/C13H14F3NO2/c1-19-12(18)7-8-2-4-10-9(6-8)3-5-11(17-10)13(14,15)16/h2,4,6,11,17H,3,5,7H2,1H3. The summed E-state index contributed by atoms with van der Waals surface area (Å²) in [7, 11) is 1.30. The van der Waals surface area contributed by atoms with Crippen molar-refractivity contribution < 1.29 is 22.7 Å². The predicted octanol–water partition coefficient (Wildman–Crippen LogP) is 2.69. The number of ether oxygens (including phenoxy) is 1. The van der Waals surface area contributed by atoms with E-state index in [1.807, 2.05) is 0 Å². The molecular formula is C13H14F3NO2. The van der Waals surface area contributed by atoms with E-state index in [9.17, 15) is 18.0 Å². The summed E-state index contributed by atoms with van der Waals surface area (Å²) in [6, 6.07) is 3.49. The minimum atomic E-state index is -4.23. The summed E-state index contributed by atoms with van der Waals surface area (Å²) >= 11 is 0. The van der Waals surface area contributed by atoms with Gasteiger partial charge in [-0.2, -0.15) is 13.2 Å². The average Bonchev–Trinajstić information content (AvgIpc) is 2.36. The number of anilines is 1. The first kappa shape index (κ1) is 13.7. The number of esters is 1. The van der Waals surface area contributed by atoms with Gasteiger partial charge in [0.2, 0.25) is 0 Å². The van der Waals surface area contributed by atoms with Crippen LogP contribution >= 0.6 is 0 Å². The van der Waals surface area contributed by atoms with Gasteiger partial charge in [0.15, 0.2) is 0 Å². The van der Waals surface area contributed by atoms with Crippen LogP contribution in [0.15, 0.2) is 18.2 Å². The molecule has 0 aromatic heterocycles. The van der Waals surface area contributed by atoms with Gasteiger partial charge in [0, 0.05) is 5.69 Å². The molecule has 0 radical (unpaired) electrons. The maximum absolute atomic E-state index is 12.6. The Morgan fingerprint density at radius 2 is 2.21 bits per heavy atom. The van der Waals surface area contributed by atoms with Crippen molar-refractivity contribution in [2.45, 2.75) is 31.5 Å². The maximum atomic E-state index is 12.6. The Labute approximate surface area is 108 Å². The molecule has 0 saturated carbocycles. The van der Waals surface area contributed by atoms with Crippen molar-refractivity contribution in [3.8, 4) is 0 Å². The fraction of sp³-hybridized carbons (Fsp3) is 0.462. The highest BCUT2D eigenvalue weighted by molar-refractivity contribution is 5.73. The van der Waals surface area contributed by atoms with Crippen LogP contribution in [0, 0.1) is 0 Å². The van der Waals surface area contributed by atoms with Crippen molar-refractivity contribution in [2.75, 3.05) is 12.4 Å². The first-order valence-electron chi connectivity index (χ1n) is 5.92.